The lowest BCUT2D eigenvalue weighted by Gasteiger charge is -2.33. The maximum absolute atomic E-state index is 12.5. The standard InChI is InChI=1S/C18H23NO4S/c1-13(2)6-9-23-15-5-3-4-14(12-15)16(20)19-18(17(21)22)7-10-24-11-8-18/h3-6,12H,7-11H2,1-2H3,(H,19,20)(H,21,22). The maximum atomic E-state index is 12.5. The van der Waals surface area contributed by atoms with E-state index in [1.54, 1.807) is 36.0 Å². The Balaban J connectivity index is 2.08. The monoisotopic (exact) mass is 349 g/mol. The van der Waals surface area contributed by atoms with Crippen molar-refractivity contribution in [1.82, 2.24) is 5.32 Å². The number of hydrogen-bond donors (Lipinski definition) is 2. The van der Waals surface area contributed by atoms with E-state index in [0.29, 0.717) is 30.8 Å². The minimum atomic E-state index is -1.17. The topological polar surface area (TPSA) is 75.6 Å². The number of rotatable bonds is 6. The number of thioether (sulfide) groups is 1. The molecule has 1 aliphatic heterocycles. The van der Waals surface area contributed by atoms with Crippen LogP contribution in [0.1, 0.15) is 37.0 Å². The van der Waals surface area contributed by atoms with Crippen LogP contribution in [0.5, 0.6) is 5.75 Å². The molecule has 0 spiro atoms. The molecule has 6 heteroatoms. The van der Waals surface area contributed by atoms with Crippen molar-refractivity contribution in [2.45, 2.75) is 32.2 Å². The Labute approximate surface area is 146 Å². The third-order valence-corrected chi connectivity index (χ3v) is 4.93. The second kappa shape index (κ2) is 8.24. The van der Waals surface area contributed by atoms with Gasteiger partial charge in [0, 0.05) is 5.56 Å². The first kappa shape index (κ1) is 18.4. The van der Waals surface area contributed by atoms with Gasteiger partial charge in [0.1, 0.15) is 17.9 Å². The molecule has 0 saturated carbocycles. The van der Waals surface area contributed by atoms with Gasteiger partial charge < -0.3 is 15.2 Å². The predicted octanol–water partition coefficient (Wildman–Crippen LogP) is 3.11. The molecule has 0 radical (unpaired) electrons. The Morgan fingerprint density at radius 3 is 2.67 bits per heavy atom. The van der Waals surface area contributed by atoms with Crippen LogP contribution in [0.3, 0.4) is 0 Å². The van der Waals surface area contributed by atoms with Crippen LogP contribution < -0.4 is 10.1 Å². The summed E-state index contributed by atoms with van der Waals surface area (Å²) < 4.78 is 5.59. The number of ether oxygens (including phenoxy) is 1. The number of carboxylic acids is 1. The Kier molecular flexibility index (Phi) is 6.31. The summed E-state index contributed by atoms with van der Waals surface area (Å²) in [6.07, 6.45) is 2.83. The molecule has 2 rings (SSSR count). The van der Waals surface area contributed by atoms with Crippen molar-refractivity contribution >= 4 is 23.6 Å². The SMILES string of the molecule is CC(C)=CCOc1cccc(C(=O)NC2(C(=O)O)CCSCC2)c1. The highest BCUT2D eigenvalue weighted by atomic mass is 32.2. The highest BCUT2D eigenvalue weighted by molar-refractivity contribution is 7.99. The van der Waals surface area contributed by atoms with Crippen LogP contribution in [-0.4, -0.2) is 40.6 Å². The summed E-state index contributed by atoms with van der Waals surface area (Å²) in [6, 6.07) is 6.81. The van der Waals surface area contributed by atoms with Crippen LogP contribution in [0.25, 0.3) is 0 Å². The number of carboxylic acid groups (broad SMARTS) is 1. The van der Waals surface area contributed by atoms with Crippen LogP contribution in [0.4, 0.5) is 0 Å². The van der Waals surface area contributed by atoms with Crippen molar-refractivity contribution in [2.75, 3.05) is 18.1 Å². The molecule has 1 saturated heterocycles. The molecule has 1 amide bonds. The first-order valence-corrected chi connectivity index (χ1v) is 9.08. The molecule has 1 aromatic carbocycles. The van der Waals surface area contributed by atoms with E-state index < -0.39 is 11.5 Å². The summed E-state index contributed by atoms with van der Waals surface area (Å²) in [7, 11) is 0. The molecule has 5 nitrogen and oxygen atoms in total. The largest absolute Gasteiger partial charge is 0.490 e. The van der Waals surface area contributed by atoms with Gasteiger partial charge in [0.2, 0.25) is 0 Å². The Morgan fingerprint density at radius 2 is 2.04 bits per heavy atom. The number of amides is 1. The van der Waals surface area contributed by atoms with E-state index >= 15 is 0 Å². The van der Waals surface area contributed by atoms with E-state index in [2.05, 4.69) is 5.32 Å². The molecule has 1 heterocycles. The maximum Gasteiger partial charge on any atom is 0.329 e. The van der Waals surface area contributed by atoms with Gasteiger partial charge in [-0.05, 0) is 62.5 Å². The first-order valence-electron chi connectivity index (χ1n) is 7.93. The van der Waals surface area contributed by atoms with Crippen molar-refractivity contribution < 1.29 is 19.4 Å². The number of nitrogens with one attached hydrogen (secondary N) is 1. The second-order valence-electron chi connectivity index (χ2n) is 6.07. The highest BCUT2D eigenvalue weighted by Gasteiger charge is 2.41. The van der Waals surface area contributed by atoms with Gasteiger partial charge in [-0.2, -0.15) is 11.8 Å². The van der Waals surface area contributed by atoms with Crippen LogP contribution in [0.15, 0.2) is 35.9 Å². The summed E-state index contributed by atoms with van der Waals surface area (Å²) in [5.74, 6) is 0.712. The lowest BCUT2D eigenvalue weighted by molar-refractivity contribution is -0.144. The number of aliphatic carboxylic acids is 1. The summed E-state index contributed by atoms with van der Waals surface area (Å²) in [5.41, 5.74) is 0.396. The normalized spacial score (nSPS) is 16.1. The zero-order valence-electron chi connectivity index (χ0n) is 14.0. The van der Waals surface area contributed by atoms with E-state index in [1.165, 1.54) is 0 Å². The third-order valence-electron chi connectivity index (χ3n) is 3.95. The van der Waals surface area contributed by atoms with Gasteiger partial charge >= 0.3 is 5.97 Å². The molecule has 1 aliphatic rings. The van der Waals surface area contributed by atoms with Crippen LogP contribution in [0, 0.1) is 0 Å². The Bertz CT molecular complexity index is 632. The molecular formula is C18H23NO4S. The lowest BCUT2D eigenvalue weighted by Crippen LogP contribution is -2.56. The van der Waals surface area contributed by atoms with Crippen molar-refractivity contribution in [2.24, 2.45) is 0 Å². The van der Waals surface area contributed by atoms with Crippen LogP contribution in [0.2, 0.25) is 0 Å². The van der Waals surface area contributed by atoms with Crippen LogP contribution in [-0.2, 0) is 4.79 Å². The Hall–Kier alpha value is -1.95. The van der Waals surface area contributed by atoms with Crippen molar-refractivity contribution in [1.29, 1.82) is 0 Å². The number of hydrogen-bond acceptors (Lipinski definition) is 4. The van der Waals surface area contributed by atoms with Gasteiger partial charge in [-0.25, -0.2) is 4.79 Å². The minimum Gasteiger partial charge on any atom is -0.490 e. The van der Waals surface area contributed by atoms with E-state index in [1.807, 2.05) is 19.9 Å². The fourth-order valence-electron chi connectivity index (χ4n) is 2.43. The van der Waals surface area contributed by atoms with Crippen LogP contribution >= 0.6 is 11.8 Å². The predicted molar refractivity (Wildman–Crippen MR) is 95.8 cm³/mol. The average Bonchev–Trinajstić information content (AvgIpc) is 2.55. The van der Waals surface area contributed by atoms with E-state index in [4.69, 9.17) is 4.74 Å². The summed E-state index contributed by atoms with van der Waals surface area (Å²) >= 11 is 1.71. The Morgan fingerprint density at radius 1 is 1.33 bits per heavy atom. The summed E-state index contributed by atoms with van der Waals surface area (Å²) in [5, 5.41) is 12.3. The number of benzene rings is 1. The fourth-order valence-corrected chi connectivity index (χ4v) is 3.62. The van der Waals surface area contributed by atoms with Gasteiger partial charge in [-0.3, -0.25) is 4.79 Å². The van der Waals surface area contributed by atoms with Crippen molar-refractivity contribution in [3.05, 3.63) is 41.5 Å². The molecule has 0 aliphatic carbocycles. The van der Waals surface area contributed by atoms with Gasteiger partial charge in [0.25, 0.3) is 5.91 Å². The molecule has 24 heavy (non-hydrogen) atoms. The molecule has 0 bridgehead atoms. The minimum absolute atomic E-state index is 0.378. The zero-order chi connectivity index (χ0) is 17.6. The smallest absolute Gasteiger partial charge is 0.329 e. The van der Waals surface area contributed by atoms with Gasteiger partial charge in [-0.15, -0.1) is 0 Å². The molecular weight excluding hydrogens is 326 g/mol. The number of carbonyl (C=O) groups is 2. The highest BCUT2D eigenvalue weighted by Crippen LogP contribution is 2.28. The lowest BCUT2D eigenvalue weighted by atomic mass is 9.92. The molecule has 2 N–H and O–H groups in total. The van der Waals surface area contributed by atoms with Crippen molar-refractivity contribution in [3.63, 3.8) is 0 Å². The number of allylic oxidation sites excluding steroid dienone is 1. The quantitative estimate of drug-likeness (QED) is 0.772. The second-order valence-corrected chi connectivity index (χ2v) is 7.30. The van der Waals surface area contributed by atoms with Crippen molar-refractivity contribution in [3.8, 4) is 5.75 Å². The fraction of sp³-hybridized carbons (Fsp3) is 0.444. The van der Waals surface area contributed by atoms with Gasteiger partial charge in [0.15, 0.2) is 0 Å². The average molecular weight is 349 g/mol. The summed E-state index contributed by atoms with van der Waals surface area (Å²) in [4.78, 5) is 24.2. The molecule has 1 aromatic rings. The number of carbonyl (C=O) groups excluding carboxylic acids is 1. The third kappa shape index (κ3) is 4.77. The first-order chi connectivity index (χ1) is 11.4. The van der Waals surface area contributed by atoms with E-state index in [9.17, 15) is 14.7 Å². The van der Waals surface area contributed by atoms with E-state index in [0.717, 1.165) is 17.1 Å². The summed E-state index contributed by atoms with van der Waals surface area (Å²) in [6.45, 7) is 4.41. The molecule has 0 unspecified atom stereocenters. The van der Waals surface area contributed by atoms with Gasteiger partial charge in [0.05, 0.1) is 0 Å². The molecule has 1 fully saturated rings. The van der Waals surface area contributed by atoms with E-state index in [-0.39, 0.29) is 5.91 Å². The van der Waals surface area contributed by atoms with Gasteiger partial charge in [-0.1, -0.05) is 11.6 Å². The zero-order valence-corrected chi connectivity index (χ0v) is 14.8. The molecule has 130 valence electrons. The molecule has 0 atom stereocenters. The molecule has 0 aromatic heterocycles.